The molecule has 3 N–H and O–H groups in total. The van der Waals surface area contributed by atoms with E-state index in [0.717, 1.165) is 63.3 Å². The van der Waals surface area contributed by atoms with Crippen molar-refractivity contribution in [3.63, 3.8) is 0 Å². The molecular weight excluding hydrogens is 397 g/mol. The van der Waals surface area contributed by atoms with Gasteiger partial charge in [-0.2, -0.15) is 0 Å². The number of nitrogens with one attached hydrogen (secondary N) is 3. The van der Waals surface area contributed by atoms with E-state index >= 15 is 0 Å². The molecule has 2 fully saturated rings. The summed E-state index contributed by atoms with van der Waals surface area (Å²) in [6, 6.07) is 5.95. The average molecular weight is 428 g/mol. The van der Waals surface area contributed by atoms with Crippen LogP contribution in [-0.2, 0) is 24.2 Å². The molecule has 31 heavy (non-hydrogen) atoms. The van der Waals surface area contributed by atoms with Gasteiger partial charge in [0.2, 0.25) is 0 Å². The molecular formula is C23H30FN5O2. The second-order valence-corrected chi connectivity index (χ2v) is 8.66. The van der Waals surface area contributed by atoms with E-state index in [-0.39, 0.29) is 24.1 Å². The van der Waals surface area contributed by atoms with Gasteiger partial charge in [-0.15, -0.1) is 0 Å². The summed E-state index contributed by atoms with van der Waals surface area (Å²) in [5.74, 6) is 0.261. The van der Waals surface area contributed by atoms with Crippen LogP contribution in [0.1, 0.15) is 49.7 Å². The highest BCUT2D eigenvalue weighted by atomic mass is 19.1. The Balaban J connectivity index is 1.42. The number of likely N-dealkylation sites (tertiary alicyclic amines) is 1. The Morgan fingerprint density at radius 1 is 1.23 bits per heavy atom. The van der Waals surface area contributed by atoms with Gasteiger partial charge < -0.3 is 10.3 Å². The summed E-state index contributed by atoms with van der Waals surface area (Å²) in [7, 11) is 0. The van der Waals surface area contributed by atoms with E-state index in [1.807, 2.05) is 6.20 Å². The Bertz CT molecular complexity index is 938. The largest absolute Gasteiger partial charge is 0.345 e. The molecule has 1 unspecified atom stereocenters. The van der Waals surface area contributed by atoms with E-state index in [1.165, 1.54) is 6.07 Å². The number of H-pyrrole nitrogens is 1. The average Bonchev–Trinajstić information content (AvgIpc) is 3.32. The van der Waals surface area contributed by atoms with Crippen molar-refractivity contribution < 1.29 is 14.0 Å². The monoisotopic (exact) mass is 427 g/mol. The molecule has 0 aliphatic carbocycles. The number of aryl methyl sites for hydroxylation is 1. The van der Waals surface area contributed by atoms with Crippen LogP contribution in [-0.4, -0.2) is 45.4 Å². The molecule has 0 bridgehead atoms. The van der Waals surface area contributed by atoms with Crippen molar-refractivity contribution in [1.29, 1.82) is 0 Å². The van der Waals surface area contributed by atoms with Gasteiger partial charge in [0.25, 0.3) is 5.91 Å². The number of carbonyl (C=O) groups excluding carboxylic acids is 2. The first-order valence-corrected chi connectivity index (χ1v) is 11.1. The van der Waals surface area contributed by atoms with Crippen LogP contribution in [0.15, 0.2) is 30.5 Å². The predicted octanol–water partition coefficient (Wildman–Crippen LogP) is 2.92. The first kappa shape index (κ1) is 21.5. The molecule has 2 aromatic rings. The molecule has 0 radical (unpaired) electrons. The van der Waals surface area contributed by atoms with Crippen LogP contribution in [0, 0.1) is 11.7 Å². The molecule has 2 aliphatic rings. The molecule has 166 valence electrons. The predicted molar refractivity (Wildman–Crippen MR) is 115 cm³/mol. The molecule has 8 heteroatoms. The fourth-order valence-electron chi connectivity index (χ4n) is 4.79. The number of hydrogen-bond donors (Lipinski definition) is 3. The third kappa shape index (κ3) is 4.63. The standard InChI is InChI=1S/C23H30FN5O2/c1-2-3-8-20-25-14-18(26-20)15-29-11-9-17(10-12-29)23(21(30)27-22(31)28-23)13-16-6-4-5-7-19(16)24/h4-7,14,17H,2-3,8-13,15H2,1H3,(H,25,26)(H2,27,28,30,31). The Kier molecular flexibility index (Phi) is 6.36. The number of unbranched alkanes of at least 4 members (excludes halogenated alkanes) is 1. The van der Waals surface area contributed by atoms with Crippen molar-refractivity contribution in [2.24, 2.45) is 5.92 Å². The third-order valence-electron chi connectivity index (χ3n) is 6.52. The van der Waals surface area contributed by atoms with Crippen LogP contribution in [0.25, 0.3) is 0 Å². The number of carbonyl (C=O) groups is 2. The van der Waals surface area contributed by atoms with Crippen LogP contribution < -0.4 is 10.6 Å². The lowest BCUT2D eigenvalue weighted by atomic mass is 9.74. The number of piperidine rings is 1. The number of hydrogen-bond acceptors (Lipinski definition) is 4. The van der Waals surface area contributed by atoms with E-state index < -0.39 is 11.6 Å². The number of aromatic nitrogens is 2. The summed E-state index contributed by atoms with van der Waals surface area (Å²) in [5.41, 5.74) is 0.434. The third-order valence-corrected chi connectivity index (χ3v) is 6.52. The highest BCUT2D eigenvalue weighted by molar-refractivity contribution is 6.07. The van der Waals surface area contributed by atoms with Crippen LogP contribution in [0.2, 0.25) is 0 Å². The van der Waals surface area contributed by atoms with Gasteiger partial charge >= 0.3 is 6.03 Å². The van der Waals surface area contributed by atoms with E-state index in [4.69, 9.17) is 0 Å². The Labute approximate surface area is 181 Å². The fraction of sp³-hybridized carbons (Fsp3) is 0.522. The Hall–Kier alpha value is -2.74. The minimum absolute atomic E-state index is 0.0586. The van der Waals surface area contributed by atoms with Crippen LogP contribution in [0.3, 0.4) is 0 Å². The lowest BCUT2D eigenvalue weighted by Crippen LogP contribution is -2.57. The van der Waals surface area contributed by atoms with Crippen molar-refractivity contribution in [1.82, 2.24) is 25.5 Å². The van der Waals surface area contributed by atoms with E-state index in [9.17, 15) is 14.0 Å². The first-order chi connectivity index (χ1) is 15.0. The zero-order chi connectivity index (χ0) is 21.8. The van der Waals surface area contributed by atoms with Gasteiger partial charge in [-0.25, -0.2) is 14.2 Å². The maximum atomic E-state index is 14.3. The van der Waals surface area contributed by atoms with Gasteiger partial charge in [0.05, 0.1) is 0 Å². The Morgan fingerprint density at radius 3 is 2.68 bits per heavy atom. The van der Waals surface area contributed by atoms with E-state index in [1.54, 1.807) is 18.2 Å². The summed E-state index contributed by atoms with van der Waals surface area (Å²) in [6.45, 7) is 4.55. The molecule has 1 aromatic carbocycles. The van der Waals surface area contributed by atoms with Crippen molar-refractivity contribution in [2.75, 3.05) is 13.1 Å². The van der Waals surface area contributed by atoms with Crippen molar-refractivity contribution in [3.05, 3.63) is 53.4 Å². The van der Waals surface area contributed by atoms with Crippen molar-refractivity contribution >= 4 is 11.9 Å². The molecule has 3 heterocycles. The molecule has 1 aromatic heterocycles. The molecule has 0 spiro atoms. The molecule has 7 nitrogen and oxygen atoms in total. The van der Waals surface area contributed by atoms with Gasteiger partial charge in [-0.1, -0.05) is 31.5 Å². The maximum absolute atomic E-state index is 14.3. The molecule has 3 amide bonds. The number of amides is 3. The minimum atomic E-state index is -1.10. The number of imide groups is 1. The quantitative estimate of drug-likeness (QED) is 0.565. The van der Waals surface area contributed by atoms with Gasteiger partial charge in [-0.05, 0) is 49.9 Å². The number of imidazole rings is 1. The summed E-state index contributed by atoms with van der Waals surface area (Å²) in [5, 5.41) is 5.23. The SMILES string of the molecule is CCCCc1ncc(CN2CCC(C3(Cc4ccccc4F)NC(=O)NC3=O)CC2)[nH]1. The number of urea groups is 1. The van der Waals surface area contributed by atoms with Gasteiger partial charge in [0, 0.05) is 31.3 Å². The fourth-order valence-corrected chi connectivity index (χ4v) is 4.79. The summed E-state index contributed by atoms with van der Waals surface area (Å²) < 4.78 is 14.3. The number of halogens is 1. The molecule has 2 saturated heterocycles. The molecule has 4 rings (SSSR count). The topological polar surface area (TPSA) is 90.1 Å². The Morgan fingerprint density at radius 2 is 2.00 bits per heavy atom. The van der Waals surface area contributed by atoms with Gasteiger partial charge in [0.1, 0.15) is 17.2 Å². The zero-order valence-electron chi connectivity index (χ0n) is 17.9. The zero-order valence-corrected chi connectivity index (χ0v) is 17.9. The van der Waals surface area contributed by atoms with E-state index in [2.05, 4.69) is 32.4 Å². The highest BCUT2D eigenvalue weighted by Gasteiger charge is 2.52. The molecule has 0 saturated carbocycles. The van der Waals surface area contributed by atoms with Crippen molar-refractivity contribution in [3.8, 4) is 0 Å². The lowest BCUT2D eigenvalue weighted by molar-refractivity contribution is -0.126. The minimum Gasteiger partial charge on any atom is -0.345 e. The van der Waals surface area contributed by atoms with E-state index in [0.29, 0.717) is 5.56 Å². The normalized spacial score (nSPS) is 22.5. The van der Waals surface area contributed by atoms with Crippen LogP contribution in [0.4, 0.5) is 9.18 Å². The van der Waals surface area contributed by atoms with Crippen molar-refractivity contribution in [2.45, 2.75) is 57.5 Å². The summed E-state index contributed by atoms with van der Waals surface area (Å²) >= 11 is 0. The smallest absolute Gasteiger partial charge is 0.322 e. The second kappa shape index (κ2) is 9.18. The van der Waals surface area contributed by atoms with Gasteiger partial charge in [0.15, 0.2) is 0 Å². The maximum Gasteiger partial charge on any atom is 0.322 e. The lowest BCUT2D eigenvalue weighted by Gasteiger charge is -2.40. The number of nitrogens with zero attached hydrogens (tertiary/aromatic N) is 2. The van der Waals surface area contributed by atoms with Crippen LogP contribution in [0.5, 0.6) is 0 Å². The second-order valence-electron chi connectivity index (χ2n) is 8.66. The number of benzene rings is 1. The molecule has 2 aliphatic heterocycles. The number of rotatable bonds is 8. The molecule has 1 atom stereocenters. The summed E-state index contributed by atoms with van der Waals surface area (Å²) in [4.78, 5) is 35.1. The summed E-state index contributed by atoms with van der Waals surface area (Å²) in [6.07, 6.45) is 6.78. The highest BCUT2D eigenvalue weighted by Crippen LogP contribution is 2.34. The van der Waals surface area contributed by atoms with Gasteiger partial charge in [-0.3, -0.25) is 15.0 Å². The number of aromatic amines is 1. The first-order valence-electron chi connectivity index (χ1n) is 11.1. The van der Waals surface area contributed by atoms with Crippen LogP contribution >= 0.6 is 0 Å².